The van der Waals surface area contributed by atoms with Gasteiger partial charge in [0.05, 0.1) is 11.1 Å². The maximum atomic E-state index is 5.69. The van der Waals surface area contributed by atoms with Crippen molar-refractivity contribution >= 4 is 16.8 Å². The van der Waals surface area contributed by atoms with Gasteiger partial charge >= 0.3 is 0 Å². The van der Waals surface area contributed by atoms with Gasteiger partial charge in [-0.1, -0.05) is 19.3 Å². The van der Waals surface area contributed by atoms with Crippen LogP contribution in [-0.2, 0) is 0 Å². The topological polar surface area (TPSA) is 38.4 Å². The van der Waals surface area contributed by atoms with E-state index >= 15 is 0 Å². The van der Waals surface area contributed by atoms with Gasteiger partial charge in [0.15, 0.2) is 0 Å². The van der Waals surface area contributed by atoms with Crippen molar-refractivity contribution in [1.29, 1.82) is 0 Å². The average Bonchev–Trinajstić information content (AvgIpc) is 2.53. The summed E-state index contributed by atoms with van der Waals surface area (Å²) in [6, 6.07) is 0.582. The molecule has 0 bridgehead atoms. The fraction of sp³-hybridized carbons (Fsp3) is 0.700. The molecule has 1 fully saturated rings. The minimum Gasteiger partial charge on any atom is -0.401 e. The van der Waals surface area contributed by atoms with Crippen LogP contribution in [0, 0.1) is 0 Å². The Kier molecular flexibility index (Phi) is 2.94. The van der Waals surface area contributed by atoms with E-state index in [4.69, 9.17) is 10.7 Å². The van der Waals surface area contributed by atoms with Crippen LogP contribution in [0.2, 0.25) is 0 Å². The Morgan fingerprint density at radius 1 is 1.31 bits per heavy atom. The second-order valence-electron chi connectivity index (χ2n) is 3.77. The summed E-state index contributed by atoms with van der Waals surface area (Å²) in [5.41, 5.74) is 6.66. The number of hydrogen-bond acceptors (Lipinski definition) is 3. The van der Waals surface area contributed by atoms with E-state index in [-0.39, 0.29) is 0 Å². The predicted octanol–water partition coefficient (Wildman–Crippen LogP) is 2.31. The van der Waals surface area contributed by atoms with Crippen LogP contribution >= 0.6 is 11.8 Å². The van der Waals surface area contributed by atoms with Crippen molar-refractivity contribution in [2.24, 2.45) is 10.7 Å². The van der Waals surface area contributed by atoms with Gasteiger partial charge in [-0.2, -0.15) is 0 Å². The lowest BCUT2D eigenvalue weighted by Crippen LogP contribution is -2.10. The lowest BCUT2D eigenvalue weighted by molar-refractivity contribution is 0.444. The van der Waals surface area contributed by atoms with Crippen LogP contribution in [0.3, 0.4) is 0 Å². The van der Waals surface area contributed by atoms with Crippen LogP contribution in [0.5, 0.6) is 0 Å². The third-order valence-corrected chi connectivity index (χ3v) is 3.58. The van der Waals surface area contributed by atoms with E-state index in [2.05, 4.69) is 0 Å². The highest BCUT2D eigenvalue weighted by molar-refractivity contribution is 8.14. The van der Waals surface area contributed by atoms with Crippen molar-refractivity contribution < 1.29 is 0 Å². The number of nitrogens with two attached hydrogens (primary N) is 1. The highest BCUT2D eigenvalue weighted by atomic mass is 32.2. The standard InChI is InChI=1S/C10H16N2S/c11-8-6-10(13-7-8)12-9-4-2-1-3-5-9/h6,9H,1-5,7,11H2. The molecule has 0 aromatic rings. The Labute approximate surface area is 83.7 Å². The first-order valence-electron chi connectivity index (χ1n) is 5.01. The largest absolute Gasteiger partial charge is 0.401 e. The molecule has 2 aliphatic rings. The Hall–Kier alpha value is -0.440. The second kappa shape index (κ2) is 4.18. The molecular weight excluding hydrogens is 180 g/mol. The van der Waals surface area contributed by atoms with E-state index in [1.54, 1.807) is 11.8 Å². The van der Waals surface area contributed by atoms with Crippen molar-refractivity contribution in [1.82, 2.24) is 0 Å². The van der Waals surface area contributed by atoms with E-state index < -0.39 is 0 Å². The zero-order valence-electron chi connectivity index (χ0n) is 7.83. The summed E-state index contributed by atoms with van der Waals surface area (Å²) in [6.45, 7) is 0. The normalized spacial score (nSPS) is 28.0. The number of aliphatic imine (C=N–C) groups is 1. The molecular formula is C10H16N2S. The van der Waals surface area contributed by atoms with Gasteiger partial charge in [0, 0.05) is 11.4 Å². The lowest BCUT2D eigenvalue weighted by atomic mass is 9.96. The van der Waals surface area contributed by atoms with Crippen LogP contribution in [0.1, 0.15) is 32.1 Å². The number of hydrogen-bond donors (Lipinski definition) is 1. The lowest BCUT2D eigenvalue weighted by Gasteiger charge is -2.17. The van der Waals surface area contributed by atoms with Crippen LogP contribution in [0.15, 0.2) is 16.8 Å². The van der Waals surface area contributed by atoms with Gasteiger partial charge in [-0.15, -0.1) is 11.8 Å². The van der Waals surface area contributed by atoms with E-state index in [1.807, 2.05) is 6.08 Å². The van der Waals surface area contributed by atoms with Crippen molar-refractivity contribution in [2.75, 3.05) is 5.75 Å². The quantitative estimate of drug-likeness (QED) is 0.699. The van der Waals surface area contributed by atoms with Crippen molar-refractivity contribution in [3.63, 3.8) is 0 Å². The molecule has 0 unspecified atom stereocenters. The second-order valence-corrected chi connectivity index (χ2v) is 4.76. The van der Waals surface area contributed by atoms with Crippen molar-refractivity contribution in [3.05, 3.63) is 11.8 Å². The molecule has 0 saturated heterocycles. The van der Waals surface area contributed by atoms with E-state index in [1.165, 1.54) is 32.1 Å². The summed E-state index contributed by atoms with van der Waals surface area (Å²) in [5, 5.41) is 1.16. The average molecular weight is 196 g/mol. The van der Waals surface area contributed by atoms with E-state index in [9.17, 15) is 0 Å². The molecule has 0 aromatic carbocycles. The van der Waals surface area contributed by atoms with Crippen LogP contribution in [0.4, 0.5) is 0 Å². The van der Waals surface area contributed by atoms with E-state index in [0.29, 0.717) is 6.04 Å². The SMILES string of the molecule is NC1=CC(=NC2CCCCC2)SC1. The molecule has 0 aromatic heterocycles. The van der Waals surface area contributed by atoms with Gasteiger partial charge in [-0.25, -0.2) is 0 Å². The summed E-state index contributed by atoms with van der Waals surface area (Å²) in [7, 11) is 0. The molecule has 0 spiro atoms. The molecule has 2 nitrogen and oxygen atoms in total. The molecule has 2 N–H and O–H groups in total. The van der Waals surface area contributed by atoms with Gasteiger partial charge in [0.2, 0.25) is 0 Å². The maximum Gasteiger partial charge on any atom is 0.0928 e. The highest BCUT2D eigenvalue weighted by Crippen LogP contribution is 2.24. The Morgan fingerprint density at radius 2 is 2.08 bits per heavy atom. The summed E-state index contributed by atoms with van der Waals surface area (Å²) in [4.78, 5) is 4.71. The molecule has 1 aliphatic carbocycles. The summed E-state index contributed by atoms with van der Waals surface area (Å²) >= 11 is 1.78. The monoisotopic (exact) mass is 196 g/mol. The van der Waals surface area contributed by atoms with Gasteiger partial charge < -0.3 is 5.73 Å². The first kappa shape index (κ1) is 9.13. The molecule has 0 atom stereocenters. The van der Waals surface area contributed by atoms with Crippen LogP contribution < -0.4 is 5.73 Å². The highest BCUT2D eigenvalue weighted by Gasteiger charge is 2.14. The number of nitrogens with zero attached hydrogens (tertiary/aromatic N) is 1. The fourth-order valence-electron chi connectivity index (χ4n) is 1.86. The molecule has 0 amide bonds. The Bertz CT molecular complexity index is 239. The minimum atomic E-state index is 0.582. The third kappa shape index (κ3) is 2.50. The third-order valence-electron chi connectivity index (χ3n) is 2.58. The van der Waals surface area contributed by atoms with Crippen molar-refractivity contribution in [3.8, 4) is 0 Å². The molecule has 3 heteroatoms. The number of rotatable bonds is 1. The zero-order valence-corrected chi connectivity index (χ0v) is 8.65. The molecule has 0 radical (unpaired) electrons. The fourth-order valence-corrected chi connectivity index (χ4v) is 2.72. The summed E-state index contributed by atoms with van der Waals surface area (Å²) in [6.07, 6.45) is 8.68. The van der Waals surface area contributed by atoms with Gasteiger partial charge in [-0.05, 0) is 18.9 Å². The van der Waals surface area contributed by atoms with Crippen molar-refractivity contribution in [2.45, 2.75) is 38.1 Å². The van der Waals surface area contributed by atoms with Gasteiger partial charge in [0.1, 0.15) is 0 Å². The Balaban J connectivity index is 1.94. The van der Waals surface area contributed by atoms with Crippen LogP contribution in [-0.4, -0.2) is 16.8 Å². The first-order chi connectivity index (χ1) is 6.34. The van der Waals surface area contributed by atoms with Gasteiger partial charge in [0.25, 0.3) is 0 Å². The molecule has 2 rings (SSSR count). The zero-order chi connectivity index (χ0) is 9.10. The summed E-state index contributed by atoms with van der Waals surface area (Å²) in [5.74, 6) is 0.936. The Morgan fingerprint density at radius 3 is 2.69 bits per heavy atom. The first-order valence-corrected chi connectivity index (χ1v) is 6.00. The summed E-state index contributed by atoms with van der Waals surface area (Å²) < 4.78 is 0. The molecule has 1 heterocycles. The van der Waals surface area contributed by atoms with Gasteiger partial charge in [-0.3, -0.25) is 4.99 Å². The molecule has 72 valence electrons. The maximum absolute atomic E-state index is 5.69. The minimum absolute atomic E-state index is 0.582. The predicted molar refractivity (Wildman–Crippen MR) is 59.0 cm³/mol. The molecule has 1 aliphatic heterocycles. The smallest absolute Gasteiger partial charge is 0.0928 e. The molecule has 13 heavy (non-hydrogen) atoms. The van der Waals surface area contributed by atoms with E-state index in [0.717, 1.165) is 16.5 Å². The molecule has 1 saturated carbocycles. The van der Waals surface area contributed by atoms with Crippen LogP contribution in [0.25, 0.3) is 0 Å². The number of thioether (sulfide) groups is 1.